The Kier molecular flexibility index (Phi) is 14.7. The summed E-state index contributed by atoms with van der Waals surface area (Å²) in [6, 6.07) is 24.6. The monoisotopic (exact) mass is 879 g/mol. The molecule has 2 aromatic heterocycles. The molecule has 0 radical (unpaired) electrons. The van der Waals surface area contributed by atoms with Crippen molar-refractivity contribution in [2.24, 2.45) is 5.41 Å². The normalized spacial score (nSPS) is 16.1. The molecule has 16 nitrogen and oxygen atoms in total. The molecular weight excluding hydrogens is 831 g/mol. The van der Waals surface area contributed by atoms with Crippen molar-refractivity contribution in [2.75, 3.05) is 33.3 Å². The van der Waals surface area contributed by atoms with Gasteiger partial charge in [-0.1, -0.05) is 78.2 Å². The summed E-state index contributed by atoms with van der Waals surface area (Å²) in [6.45, 7) is 6.29. The van der Waals surface area contributed by atoms with Crippen molar-refractivity contribution >= 4 is 23.6 Å². The number of aliphatic hydroxyl groups excluding tert-OH is 1. The van der Waals surface area contributed by atoms with Crippen molar-refractivity contribution in [3.05, 3.63) is 150 Å². The Balaban J connectivity index is 1.13. The number of aromatic amines is 1. The number of aliphatic hydroxyl groups is 1. The summed E-state index contributed by atoms with van der Waals surface area (Å²) in [5.41, 5.74) is -1.15. The van der Waals surface area contributed by atoms with Gasteiger partial charge < -0.3 is 34.1 Å². The highest BCUT2D eigenvalue weighted by Crippen LogP contribution is 2.42. The van der Waals surface area contributed by atoms with E-state index in [0.717, 1.165) is 37.6 Å². The summed E-state index contributed by atoms with van der Waals surface area (Å²) < 4.78 is 31.6. The number of aryl methyl sites for hydroxylation is 1. The van der Waals surface area contributed by atoms with Gasteiger partial charge in [0.05, 0.1) is 38.9 Å². The first-order chi connectivity index (χ1) is 30.1. The van der Waals surface area contributed by atoms with Crippen LogP contribution >= 0.6 is 11.8 Å². The summed E-state index contributed by atoms with van der Waals surface area (Å²) in [5.74, 6) is 5.75. The number of nitrogens with one attached hydrogen (secondary N) is 2. The first-order valence-corrected chi connectivity index (χ1v) is 20.9. The van der Waals surface area contributed by atoms with E-state index in [1.165, 1.54) is 12.4 Å². The molecule has 0 unspecified atom stereocenters. The van der Waals surface area contributed by atoms with Gasteiger partial charge in [-0.25, -0.2) is 9.59 Å². The minimum Gasteiger partial charge on any atom is -0.497 e. The smallest absolute Gasteiger partial charge is 0.349 e. The second-order valence-electron chi connectivity index (χ2n) is 15.6. The van der Waals surface area contributed by atoms with Gasteiger partial charge in [-0.15, -0.1) is 0 Å². The van der Waals surface area contributed by atoms with Crippen LogP contribution in [0, 0.1) is 24.2 Å². The zero-order valence-corrected chi connectivity index (χ0v) is 36.5. The third-order valence-corrected chi connectivity index (χ3v) is 11.1. The first-order valence-electron chi connectivity index (χ1n) is 19.9. The zero-order valence-electron chi connectivity index (χ0n) is 35.7. The van der Waals surface area contributed by atoms with Crippen molar-refractivity contribution in [2.45, 2.75) is 69.7 Å². The fourth-order valence-electron chi connectivity index (χ4n) is 6.80. The number of hydrogen-bond donors (Lipinski definition) is 3. The van der Waals surface area contributed by atoms with Gasteiger partial charge in [0.2, 0.25) is 5.91 Å². The van der Waals surface area contributed by atoms with Gasteiger partial charge in [0.15, 0.2) is 0 Å². The lowest BCUT2D eigenvalue weighted by atomic mass is 9.80. The highest BCUT2D eigenvalue weighted by molar-refractivity contribution is 7.99. The van der Waals surface area contributed by atoms with E-state index >= 15 is 0 Å². The molecule has 1 fully saturated rings. The van der Waals surface area contributed by atoms with Crippen molar-refractivity contribution < 1.29 is 38.4 Å². The fourth-order valence-corrected chi connectivity index (χ4v) is 7.50. The quantitative estimate of drug-likeness (QED) is 0.0342. The Hall–Kier alpha value is -6.45. The second kappa shape index (κ2) is 20.2. The van der Waals surface area contributed by atoms with E-state index in [1.807, 2.05) is 78.9 Å². The molecule has 3 heterocycles. The lowest BCUT2D eigenvalue weighted by molar-refractivity contribution is -0.150. The standard InChI is InChI=1S/C46H49N5O11S/c1-29-24-50(43(56)49-41(29)63-28-60-42(55)45(2,3)4)26-38(53)47-22-10-11-30-25-51(44(57)48-40(30)54)39-23-36(52)37(62-39)27-61-46(31-12-8-7-9-13-31,32-14-18-34(58-5)19-15-32)33-16-20-35(59-6)21-17-33/h7-9,12-21,24-25,36-37,39,52H,22-23,26-28H2,1-6H3,(H,47,53)(H,48,54,57)/t36-,37+,39+/m0/s1. The van der Waals surface area contributed by atoms with Gasteiger partial charge in [-0.3, -0.25) is 28.5 Å². The molecule has 1 amide bonds. The minimum absolute atomic E-state index is 0.00430. The van der Waals surface area contributed by atoms with E-state index in [9.17, 15) is 29.1 Å². The number of methoxy groups -OCH3 is 2. The number of rotatable bonds is 15. The summed E-state index contributed by atoms with van der Waals surface area (Å²) in [5, 5.41) is 14.3. The topological polar surface area (TPSA) is 202 Å². The zero-order chi connectivity index (χ0) is 45.3. The summed E-state index contributed by atoms with van der Waals surface area (Å²) in [7, 11) is 3.18. The molecule has 1 aliphatic heterocycles. The lowest BCUT2D eigenvalue weighted by Crippen LogP contribution is -2.38. The lowest BCUT2D eigenvalue weighted by Gasteiger charge is -2.37. The number of esters is 1. The summed E-state index contributed by atoms with van der Waals surface area (Å²) in [6.07, 6.45) is -0.194. The van der Waals surface area contributed by atoms with E-state index in [0.29, 0.717) is 22.1 Å². The molecule has 5 aromatic rings. The molecule has 330 valence electrons. The average molecular weight is 880 g/mol. The highest BCUT2D eigenvalue weighted by Gasteiger charge is 2.42. The molecular formula is C46H49N5O11S. The van der Waals surface area contributed by atoms with E-state index in [2.05, 4.69) is 27.1 Å². The molecule has 0 aliphatic carbocycles. The number of aromatic nitrogens is 4. The van der Waals surface area contributed by atoms with Crippen LogP contribution in [0.2, 0.25) is 0 Å². The first kappa shape index (κ1) is 46.1. The maximum Gasteiger partial charge on any atom is 0.349 e. The molecule has 3 atom stereocenters. The SMILES string of the molecule is COc1ccc(C(OC[C@H]2O[C@@H](n3cc(C#CCNC(=O)Cn4cc(C)c(SCOC(=O)C(C)(C)C)nc4=O)c(=O)[nH]c3=O)C[C@@H]2O)(c2ccccc2)c2ccc(OC)cc2)cc1. The van der Waals surface area contributed by atoms with Gasteiger partial charge in [-0.2, -0.15) is 4.98 Å². The summed E-state index contributed by atoms with van der Waals surface area (Å²) in [4.78, 5) is 69.6. The molecule has 3 aromatic carbocycles. The predicted octanol–water partition coefficient (Wildman–Crippen LogP) is 3.88. The molecule has 0 spiro atoms. The van der Waals surface area contributed by atoms with Crippen LogP contribution in [0.3, 0.4) is 0 Å². The molecule has 3 N–H and O–H groups in total. The minimum atomic E-state index is -1.19. The maximum atomic E-state index is 13.1. The van der Waals surface area contributed by atoms with E-state index in [1.54, 1.807) is 41.9 Å². The van der Waals surface area contributed by atoms with E-state index < -0.39 is 52.3 Å². The van der Waals surface area contributed by atoms with Crippen molar-refractivity contribution in [1.82, 2.24) is 24.4 Å². The number of H-pyrrole nitrogens is 1. The Morgan fingerprint density at radius 1 is 0.937 bits per heavy atom. The molecule has 0 saturated carbocycles. The highest BCUT2D eigenvalue weighted by atomic mass is 32.2. The maximum absolute atomic E-state index is 13.1. The van der Waals surface area contributed by atoms with Crippen LogP contribution in [0.25, 0.3) is 0 Å². The van der Waals surface area contributed by atoms with Gasteiger partial charge in [0.1, 0.15) is 52.5 Å². The Morgan fingerprint density at radius 3 is 2.16 bits per heavy atom. The van der Waals surface area contributed by atoms with Crippen molar-refractivity contribution in [3.63, 3.8) is 0 Å². The van der Waals surface area contributed by atoms with E-state index in [4.69, 9.17) is 23.7 Å². The van der Waals surface area contributed by atoms with Gasteiger partial charge >= 0.3 is 17.3 Å². The Labute approximate surface area is 367 Å². The van der Waals surface area contributed by atoms with Crippen molar-refractivity contribution in [1.29, 1.82) is 0 Å². The largest absolute Gasteiger partial charge is 0.497 e. The number of hydrogen-bond acceptors (Lipinski definition) is 13. The number of ether oxygens (including phenoxy) is 5. The van der Waals surface area contributed by atoms with Gasteiger partial charge in [-0.05, 0) is 74.2 Å². The van der Waals surface area contributed by atoms with Crippen LogP contribution in [0.5, 0.6) is 11.5 Å². The van der Waals surface area contributed by atoms with Crippen LogP contribution in [-0.2, 0) is 35.9 Å². The Morgan fingerprint density at radius 2 is 1.56 bits per heavy atom. The number of benzene rings is 3. The average Bonchev–Trinajstić information content (AvgIpc) is 3.64. The van der Waals surface area contributed by atoms with Crippen LogP contribution in [0.1, 0.15) is 61.2 Å². The molecule has 63 heavy (non-hydrogen) atoms. The molecule has 1 aliphatic rings. The number of nitrogens with zero attached hydrogens (tertiary/aromatic N) is 3. The molecule has 0 bridgehead atoms. The third-order valence-electron chi connectivity index (χ3n) is 10.2. The van der Waals surface area contributed by atoms with Crippen LogP contribution in [0.15, 0.2) is 111 Å². The second-order valence-corrected chi connectivity index (χ2v) is 16.5. The summed E-state index contributed by atoms with van der Waals surface area (Å²) >= 11 is 1.09. The fraction of sp³-hybridized carbons (Fsp3) is 0.348. The van der Waals surface area contributed by atoms with Gasteiger partial charge in [0, 0.05) is 18.8 Å². The van der Waals surface area contributed by atoms with Gasteiger partial charge in [0.25, 0.3) is 5.56 Å². The molecule has 17 heteroatoms. The van der Waals surface area contributed by atoms with Crippen LogP contribution in [0.4, 0.5) is 0 Å². The van der Waals surface area contributed by atoms with Crippen LogP contribution < -0.4 is 31.7 Å². The number of amides is 1. The molecule has 6 rings (SSSR count). The number of thioether (sulfide) groups is 1. The van der Waals surface area contributed by atoms with Crippen LogP contribution in [-0.4, -0.2) is 81.6 Å². The van der Waals surface area contributed by atoms with E-state index in [-0.39, 0.29) is 43.6 Å². The van der Waals surface area contributed by atoms with Crippen molar-refractivity contribution in [3.8, 4) is 23.3 Å². The molecule has 1 saturated heterocycles. The Bertz CT molecular complexity index is 2600. The third kappa shape index (κ3) is 11.0. The predicted molar refractivity (Wildman–Crippen MR) is 234 cm³/mol. The number of carbonyl (C=O) groups excluding carboxylic acids is 2. The number of carbonyl (C=O) groups is 2.